The number of rotatable bonds is 6. The third-order valence-corrected chi connectivity index (χ3v) is 6.37. The van der Waals surface area contributed by atoms with Gasteiger partial charge < -0.3 is 9.80 Å². The van der Waals surface area contributed by atoms with Crippen LogP contribution in [0.1, 0.15) is 38.2 Å². The molecule has 0 radical (unpaired) electrons. The molecule has 1 aromatic heterocycles. The van der Waals surface area contributed by atoms with Gasteiger partial charge in [0.15, 0.2) is 0 Å². The topological polar surface area (TPSA) is 65.7 Å². The maximum atomic E-state index is 12.5. The van der Waals surface area contributed by atoms with E-state index in [4.69, 9.17) is 4.63 Å². The summed E-state index contributed by atoms with van der Waals surface area (Å²) in [5.74, 6) is 1.03. The molecule has 0 bridgehead atoms. The molecule has 7 heteroatoms. The van der Waals surface area contributed by atoms with Crippen molar-refractivity contribution in [2.24, 2.45) is 5.92 Å². The minimum Gasteiger partial charge on any atom is -0.340 e. The summed E-state index contributed by atoms with van der Waals surface area (Å²) in [6.07, 6.45) is 4.12. The SMILES string of the molecule is CCN1CCN(C(=O)CCC2CCN(Cc3ccc4nonc4c3)CC2)CC1. The molecule has 28 heavy (non-hydrogen) atoms. The molecule has 2 fully saturated rings. The average Bonchev–Trinajstić information content (AvgIpc) is 3.21. The van der Waals surface area contributed by atoms with Gasteiger partial charge in [0.2, 0.25) is 5.91 Å². The van der Waals surface area contributed by atoms with E-state index in [-0.39, 0.29) is 0 Å². The fourth-order valence-corrected chi connectivity index (χ4v) is 4.42. The molecule has 2 saturated heterocycles. The normalized spacial score (nSPS) is 20.1. The first-order valence-corrected chi connectivity index (χ1v) is 10.6. The fraction of sp³-hybridized carbons (Fsp3) is 0.667. The Morgan fingerprint density at radius 2 is 1.79 bits per heavy atom. The Kier molecular flexibility index (Phi) is 6.22. The molecule has 3 heterocycles. The molecule has 1 amide bonds. The molecule has 2 aliphatic heterocycles. The van der Waals surface area contributed by atoms with Crippen LogP contribution in [0.3, 0.4) is 0 Å². The van der Waals surface area contributed by atoms with E-state index in [1.165, 1.54) is 18.4 Å². The van der Waals surface area contributed by atoms with Gasteiger partial charge in [0.1, 0.15) is 11.0 Å². The summed E-state index contributed by atoms with van der Waals surface area (Å²) < 4.78 is 4.78. The number of piperidine rings is 1. The first-order chi connectivity index (χ1) is 13.7. The number of hydrogen-bond donors (Lipinski definition) is 0. The maximum Gasteiger partial charge on any atom is 0.222 e. The van der Waals surface area contributed by atoms with Crippen LogP contribution in [-0.4, -0.2) is 76.7 Å². The van der Waals surface area contributed by atoms with Crippen LogP contribution < -0.4 is 0 Å². The molecule has 0 saturated carbocycles. The molecule has 4 rings (SSSR count). The molecule has 1 aromatic carbocycles. The number of nitrogens with zero attached hydrogens (tertiary/aromatic N) is 5. The molecule has 7 nitrogen and oxygen atoms in total. The lowest BCUT2D eigenvalue weighted by Gasteiger charge is -2.35. The third-order valence-electron chi connectivity index (χ3n) is 6.37. The maximum absolute atomic E-state index is 12.5. The van der Waals surface area contributed by atoms with Gasteiger partial charge in [-0.25, -0.2) is 4.63 Å². The molecule has 0 atom stereocenters. The highest BCUT2D eigenvalue weighted by Gasteiger charge is 2.23. The lowest BCUT2D eigenvalue weighted by molar-refractivity contribution is -0.133. The van der Waals surface area contributed by atoms with Crippen LogP contribution in [-0.2, 0) is 11.3 Å². The van der Waals surface area contributed by atoms with E-state index in [9.17, 15) is 4.79 Å². The highest BCUT2D eigenvalue weighted by Crippen LogP contribution is 2.24. The first kappa shape index (κ1) is 19.3. The average molecular weight is 386 g/mol. The second-order valence-electron chi connectivity index (χ2n) is 8.16. The predicted molar refractivity (Wildman–Crippen MR) is 108 cm³/mol. The van der Waals surface area contributed by atoms with Crippen molar-refractivity contribution < 1.29 is 9.42 Å². The van der Waals surface area contributed by atoms with Crippen molar-refractivity contribution in [1.29, 1.82) is 0 Å². The van der Waals surface area contributed by atoms with Gasteiger partial charge in [0, 0.05) is 39.1 Å². The fourth-order valence-electron chi connectivity index (χ4n) is 4.42. The van der Waals surface area contributed by atoms with E-state index < -0.39 is 0 Å². The van der Waals surface area contributed by atoms with Gasteiger partial charge in [-0.3, -0.25) is 9.69 Å². The molecular formula is C21H31N5O2. The van der Waals surface area contributed by atoms with Gasteiger partial charge in [0.25, 0.3) is 0 Å². The van der Waals surface area contributed by atoms with E-state index in [1.54, 1.807) is 0 Å². The lowest BCUT2D eigenvalue weighted by atomic mass is 9.91. The first-order valence-electron chi connectivity index (χ1n) is 10.6. The van der Waals surface area contributed by atoms with Crippen molar-refractivity contribution in [3.8, 4) is 0 Å². The molecule has 0 unspecified atom stereocenters. The van der Waals surface area contributed by atoms with Crippen molar-refractivity contribution in [3.63, 3.8) is 0 Å². The number of piperazine rings is 1. The van der Waals surface area contributed by atoms with Gasteiger partial charge in [-0.05, 0) is 72.8 Å². The number of hydrogen-bond acceptors (Lipinski definition) is 6. The molecule has 2 aromatic rings. The van der Waals surface area contributed by atoms with Crippen molar-refractivity contribution in [1.82, 2.24) is 25.0 Å². The molecule has 0 N–H and O–H groups in total. The van der Waals surface area contributed by atoms with Crippen LogP contribution in [0, 0.1) is 5.92 Å². The number of amides is 1. The van der Waals surface area contributed by atoms with E-state index in [0.717, 1.165) is 69.8 Å². The van der Waals surface area contributed by atoms with E-state index in [0.29, 0.717) is 18.2 Å². The Hall–Kier alpha value is -1.99. The van der Waals surface area contributed by atoms with Gasteiger partial charge in [-0.2, -0.15) is 0 Å². The quantitative estimate of drug-likeness (QED) is 0.761. The lowest BCUT2D eigenvalue weighted by Crippen LogP contribution is -2.48. The van der Waals surface area contributed by atoms with E-state index >= 15 is 0 Å². The number of carbonyl (C=O) groups excluding carboxylic acids is 1. The summed E-state index contributed by atoms with van der Waals surface area (Å²) in [5.41, 5.74) is 2.89. The van der Waals surface area contributed by atoms with E-state index in [2.05, 4.69) is 44.1 Å². The zero-order chi connectivity index (χ0) is 19.3. The summed E-state index contributed by atoms with van der Waals surface area (Å²) in [4.78, 5) is 19.5. The van der Waals surface area contributed by atoms with Crippen LogP contribution in [0.2, 0.25) is 0 Å². The Labute approximate surface area is 166 Å². The predicted octanol–water partition coefficient (Wildman–Crippen LogP) is 2.38. The number of likely N-dealkylation sites (N-methyl/N-ethyl adjacent to an activating group) is 1. The second-order valence-corrected chi connectivity index (χ2v) is 8.16. The second kappa shape index (κ2) is 9.01. The van der Waals surface area contributed by atoms with Gasteiger partial charge in [-0.15, -0.1) is 0 Å². The highest BCUT2D eigenvalue weighted by molar-refractivity contribution is 5.76. The summed E-state index contributed by atoms with van der Waals surface area (Å²) in [5, 5.41) is 7.79. The highest BCUT2D eigenvalue weighted by atomic mass is 16.6. The monoisotopic (exact) mass is 385 g/mol. The summed E-state index contributed by atoms with van der Waals surface area (Å²) in [6.45, 7) is 10.3. The Bertz CT molecular complexity index is 776. The number of likely N-dealkylation sites (tertiary alicyclic amines) is 1. The van der Waals surface area contributed by atoms with Crippen LogP contribution in [0.4, 0.5) is 0 Å². The van der Waals surface area contributed by atoms with Crippen LogP contribution in [0.5, 0.6) is 0 Å². The van der Waals surface area contributed by atoms with Crippen molar-refractivity contribution in [2.75, 3.05) is 45.8 Å². The Balaban J connectivity index is 1.17. The molecule has 0 aliphatic carbocycles. The minimum absolute atomic E-state index is 0.354. The van der Waals surface area contributed by atoms with Crippen molar-refractivity contribution in [3.05, 3.63) is 23.8 Å². The third kappa shape index (κ3) is 4.70. The van der Waals surface area contributed by atoms with Crippen LogP contribution in [0.25, 0.3) is 11.0 Å². The largest absolute Gasteiger partial charge is 0.340 e. The van der Waals surface area contributed by atoms with E-state index in [1.807, 2.05) is 6.07 Å². The Morgan fingerprint density at radius 1 is 1.04 bits per heavy atom. The van der Waals surface area contributed by atoms with Crippen LogP contribution >= 0.6 is 0 Å². The number of carbonyl (C=O) groups is 1. The number of benzene rings is 1. The summed E-state index contributed by atoms with van der Waals surface area (Å²) >= 11 is 0. The zero-order valence-corrected chi connectivity index (χ0v) is 16.8. The van der Waals surface area contributed by atoms with Gasteiger partial charge >= 0.3 is 0 Å². The van der Waals surface area contributed by atoms with Gasteiger partial charge in [0.05, 0.1) is 0 Å². The zero-order valence-electron chi connectivity index (χ0n) is 16.8. The Morgan fingerprint density at radius 3 is 2.54 bits per heavy atom. The standard InChI is InChI=1S/C21H31N5O2/c1-2-24-11-13-26(14-12-24)21(27)6-4-17-7-9-25(10-8-17)16-18-3-5-19-20(15-18)23-28-22-19/h3,5,15,17H,2,4,6-14,16H2,1H3. The van der Waals surface area contributed by atoms with Crippen molar-refractivity contribution in [2.45, 2.75) is 39.2 Å². The number of fused-ring (bicyclic) bond motifs is 1. The minimum atomic E-state index is 0.354. The summed E-state index contributed by atoms with van der Waals surface area (Å²) in [6, 6.07) is 6.14. The number of aromatic nitrogens is 2. The molecular weight excluding hydrogens is 354 g/mol. The smallest absolute Gasteiger partial charge is 0.222 e. The molecule has 2 aliphatic rings. The summed E-state index contributed by atoms with van der Waals surface area (Å²) in [7, 11) is 0. The van der Waals surface area contributed by atoms with Gasteiger partial charge in [-0.1, -0.05) is 13.0 Å². The van der Waals surface area contributed by atoms with Crippen LogP contribution in [0.15, 0.2) is 22.8 Å². The molecule has 152 valence electrons. The molecule has 0 spiro atoms. The van der Waals surface area contributed by atoms with Crippen molar-refractivity contribution >= 4 is 16.9 Å².